The summed E-state index contributed by atoms with van der Waals surface area (Å²) in [6, 6.07) is 3.91. The molecule has 0 heterocycles. The van der Waals surface area contributed by atoms with Gasteiger partial charge in [0.05, 0.1) is 12.5 Å². The molecule has 1 rings (SSSR count). The largest absolute Gasteiger partial charge is 0.573 e. The predicted octanol–water partition coefficient (Wildman–Crippen LogP) is 0.404. The monoisotopic (exact) mass is 305 g/mol. The number of nitrogens with two attached hydrogens (primary N) is 2. The molecule has 5 N–H and O–H groups in total. The fraction of sp³-hybridized carbons (Fsp3) is 0.333. The molecular formula is C12H14F3N3O3. The molecule has 1 aromatic rings. The van der Waals surface area contributed by atoms with Gasteiger partial charge >= 0.3 is 6.36 Å². The Morgan fingerprint density at radius 3 is 2.29 bits per heavy atom. The van der Waals surface area contributed by atoms with Crippen molar-refractivity contribution in [1.82, 2.24) is 5.32 Å². The molecule has 0 radical (unpaired) electrons. The smallest absolute Gasteiger partial charge is 0.406 e. The lowest BCUT2D eigenvalue weighted by atomic mass is 10.2. The minimum atomic E-state index is -4.75. The van der Waals surface area contributed by atoms with Crippen LogP contribution in [-0.2, 0) is 16.1 Å². The minimum absolute atomic E-state index is 0.0532. The summed E-state index contributed by atoms with van der Waals surface area (Å²) in [6.45, 7) is 0.0532. The van der Waals surface area contributed by atoms with Crippen molar-refractivity contribution < 1.29 is 27.5 Å². The van der Waals surface area contributed by atoms with E-state index >= 15 is 0 Å². The summed E-state index contributed by atoms with van der Waals surface area (Å²) in [5.74, 6) is -1.64. The van der Waals surface area contributed by atoms with Crippen molar-refractivity contribution in [1.29, 1.82) is 0 Å². The Labute approximate surface area is 118 Å². The third-order valence-corrected chi connectivity index (χ3v) is 2.38. The Balaban J connectivity index is 2.49. The Morgan fingerprint density at radius 1 is 1.24 bits per heavy atom. The zero-order valence-electron chi connectivity index (χ0n) is 10.8. The van der Waals surface area contributed by atoms with Crippen LogP contribution in [0.1, 0.15) is 12.0 Å². The van der Waals surface area contributed by atoms with Gasteiger partial charge in [-0.3, -0.25) is 9.59 Å². The number of carbonyl (C=O) groups is 2. The van der Waals surface area contributed by atoms with Crippen LogP contribution >= 0.6 is 0 Å². The standard InChI is InChI=1S/C12H14F3N3O3/c13-12(14,15)21-8-3-1-7(2-4-8)6-18-11(20)9(16)5-10(17)19/h1-4,9H,5-6,16H2,(H2,17,19)(H,18,20). The summed E-state index contributed by atoms with van der Waals surface area (Å²) in [7, 11) is 0. The molecule has 0 aliphatic rings. The highest BCUT2D eigenvalue weighted by atomic mass is 19.4. The first-order valence-electron chi connectivity index (χ1n) is 5.83. The highest BCUT2D eigenvalue weighted by Crippen LogP contribution is 2.22. The quantitative estimate of drug-likeness (QED) is 0.707. The second-order valence-corrected chi connectivity index (χ2v) is 4.19. The molecule has 0 aromatic heterocycles. The summed E-state index contributed by atoms with van der Waals surface area (Å²) in [5.41, 5.74) is 10.9. The molecule has 0 fully saturated rings. The SMILES string of the molecule is NC(=O)CC(N)C(=O)NCc1ccc(OC(F)(F)F)cc1. The van der Waals surface area contributed by atoms with Crippen molar-refractivity contribution in [2.45, 2.75) is 25.4 Å². The lowest BCUT2D eigenvalue weighted by Gasteiger charge is -2.11. The number of nitrogens with one attached hydrogen (secondary N) is 1. The van der Waals surface area contributed by atoms with Gasteiger partial charge in [-0.15, -0.1) is 13.2 Å². The van der Waals surface area contributed by atoms with Gasteiger partial charge in [0, 0.05) is 6.54 Å². The van der Waals surface area contributed by atoms with E-state index in [1.54, 1.807) is 0 Å². The van der Waals surface area contributed by atoms with Gasteiger partial charge in [0.2, 0.25) is 11.8 Å². The van der Waals surface area contributed by atoms with Crippen molar-refractivity contribution >= 4 is 11.8 Å². The van der Waals surface area contributed by atoms with E-state index in [0.29, 0.717) is 5.56 Å². The Kier molecular flexibility index (Phi) is 5.53. The lowest BCUT2D eigenvalue weighted by molar-refractivity contribution is -0.274. The minimum Gasteiger partial charge on any atom is -0.406 e. The summed E-state index contributed by atoms with van der Waals surface area (Å²) in [6.07, 6.45) is -5.04. The molecule has 6 nitrogen and oxygen atoms in total. The molecule has 0 aliphatic carbocycles. The van der Waals surface area contributed by atoms with E-state index in [0.717, 1.165) is 12.1 Å². The van der Waals surface area contributed by atoms with Crippen LogP contribution in [0, 0.1) is 0 Å². The third-order valence-electron chi connectivity index (χ3n) is 2.38. The van der Waals surface area contributed by atoms with Crippen LogP contribution in [0.3, 0.4) is 0 Å². The van der Waals surface area contributed by atoms with Crippen LogP contribution in [0.4, 0.5) is 13.2 Å². The van der Waals surface area contributed by atoms with Gasteiger partial charge in [0.15, 0.2) is 0 Å². The number of carbonyl (C=O) groups excluding carboxylic acids is 2. The highest BCUT2D eigenvalue weighted by Gasteiger charge is 2.30. The number of rotatable bonds is 6. The number of hydrogen-bond acceptors (Lipinski definition) is 4. The second-order valence-electron chi connectivity index (χ2n) is 4.19. The molecule has 0 saturated heterocycles. The van der Waals surface area contributed by atoms with Crippen LogP contribution in [0.25, 0.3) is 0 Å². The number of amides is 2. The van der Waals surface area contributed by atoms with Crippen molar-refractivity contribution in [3.63, 3.8) is 0 Å². The first-order valence-corrected chi connectivity index (χ1v) is 5.83. The molecule has 21 heavy (non-hydrogen) atoms. The number of alkyl halides is 3. The zero-order valence-corrected chi connectivity index (χ0v) is 10.8. The molecule has 0 bridgehead atoms. The molecule has 1 aromatic carbocycles. The second kappa shape index (κ2) is 6.93. The molecule has 0 aliphatic heterocycles. The number of ether oxygens (including phenoxy) is 1. The average molecular weight is 305 g/mol. The summed E-state index contributed by atoms with van der Waals surface area (Å²) >= 11 is 0. The highest BCUT2D eigenvalue weighted by molar-refractivity contribution is 5.87. The van der Waals surface area contributed by atoms with Gasteiger partial charge in [0.1, 0.15) is 5.75 Å². The summed E-state index contributed by atoms with van der Waals surface area (Å²) < 4.78 is 39.6. The average Bonchev–Trinajstić information content (AvgIpc) is 2.35. The van der Waals surface area contributed by atoms with Crippen LogP contribution in [0.2, 0.25) is 0 Å². The van der Waals surface area contributed by atoms with E-state index in [2.05, 4.69) is 10.1 Å². The summed E-state index contributed by atoms with van der Waals surface area (Å²) in [5, 5.41) is 2.44. The van der Waals surface area contributed by atoms with Crippen molar-refractivity contribution in [2.24, 2.45) is 11.5 Å². The summed E-state index contributed by atoms with van der Waals surface area (Å²) in [4.78, 5) is 22.1. The van der Waals surface area contributed by atoms with E-state index in [-0.39, 0.29) is 18.7 Å². The van der Waals surface area contributed by atoms with Crippen LogP contribution < -0.4 is 21.5 Å². The van der Waals surface area contributed by atoms with E-state index in [1.165, 1.54) is 12.1 Å². The van der Waals surface area contributed by atoms with E-state index in [9.17, 15) is 22.8 Å². The number of halogens is 3. The van der Waals surface area contributed by atoms with Gasteiger partial charge in [-0.1, -0.05) is 12.1 Å². The van der Waals surface area contributed by atoms with Crippen LogP contribution in [0.5, 0.6) is 5.75 Å². The Hall–Kier alpha value is -2.29. The lowest BCUT2D eigenvalue weighted by Crippen LogP contribution is -2.42. The molecule has 116 valence electrons. The molecule has 1 atom stereocenters. The van der Waals surface area contributed by atoms with E-state index in [4.69, 9.17) is 11.5 Å². The Morgan fingerprint density at radius 2 is 1.81 bits per heavy atom. The normalized spacial score (nSPS) is 12.6. The maximum absolute atomic E-state index is 12.0. The third kappa shape index (κ3) is 6.61. The van der Waals surface area contributed by atoms with E-state index in [1.807, 2.05) is 0 Å². The van der Waals surface area contributed by atoms with E-state index < -0.39 is 24.2 Å². The molecule has 9 heteroatoms. The van der Waals surface area contributed by atoms with Gasteiger partial charge in [-0.25, -0.2) is 0 Å². The first-order chi connectivity index (χ1) is 9.67. The van der Waals surface area contributed by atoms with Gasteiger partial charge < -0.3 is 21.5 Å². The molecule has 1 unspecified atom stereocenters. The van der Waals surface area contributed by atoms with Gasteiger partial charge in [-0.2, -0.15) is 0 Å². The number of benzene rings is 1. The molecule has 0 saturated carbocycles. The van der Waals surface area contributed by atoms with Crippen molar-refractivity contribution in [2.75, 3.05) is 0 Å². The molecule has 0 spiro atoms. The topological polar surface area (TPSA) is 107 Å². The van der Waals surface area contributed by atoms with Crippen LogP contribution in [0.15, 0.2) is 24.3 Å². The van der Waals surface area contributed by atoms with Crippen molar-refractivity contribution in [3.8, 4) is 5.75 Å². The fourth-order valence-corrected chi connectivity index (χ4v) is 1.44. The number of primary amides is 1. The fourth-order valence-electron chi connectivity index (χ4n) is 1.44. The van der Waals surface area contributed by atoms with Crippen molar-refractivity contribution in [3.05, 3.63) is 29.8 Å². The maximum atomic E-state index is 12.0. The predicted molar refractivity (Wildman–Crippen MR) is 66.8 cm³/mol. The molecule has 2 amide bonds. The zero-order chi connectivity index (χ0) is 16.0. The van der Waals surface area contributed by atoms with Crippen LogP contribution in [-0.4, -0.2) is 24.2 Å². The molecular weight excluding hydrogens is 291 g/mol. The van der Waals surface area contributed by atoms with Gasteiger partial charge in [0.25, 0.3) is 0 Å². The van der Waals surface area contributed by atoms with Gasteiger partial charge in [-0.05, 0) is 17.7 Å². The Bertz CT molecular complexity index is 503. The number of hydrogen-bond donors (Lipinski definition) is 3. The first kappa shape index (κ1) is 16.8. The maximum Gasteiger partial charge on any atom is 0.573 e.